The van der Waals surface area contributed by atoms with Crippen molar-refractivity contribution in [2.24, 2.45) is 0 Å². The van der Waals surface area contributed by atoms with Crippen LogP contribution in [0.3, 0.4) is 0 Å². The third-order valence-corrected chi connectivity index (χ3v) is 3.21. The van der Waals surface area contributed by atoms with Crippen molar-refractivity contribution in [3.63, 3.8) is 0 Å². The summed E-state index contributed by atoms with van der Waals surface area (Å²) in [6, 6.07) is -0.0750. The van der Waals surface area contributed by atoms with Crippen molar-refractivity contribution in [3.05, 3.63) is 0 Å². The predicted molar refractivity (Wildman–Crippen MR) is 76.2 cm³/mol. The van der Waals surface area contributed by atoms with Gasteiger partial charge in [0, 0.05) is 13.2 Å². The van der Waals surface area contributed by atoms with E-state index >= 15 is 0 Å². The summed E-state index contributed by atoms with van der Waals surface area (Å²) in [6.45, 7) is 11.2. The van der Waals surface area contributed by atoms with Crippen LogP contribution in [0.4, 0.5) is 0 Å². The Kier molecular flexibility index (Phi) is 6.80. The van der Waals surface area contributed by atoms with Crippen molar-refractivity contribution < 1.29 is 14.3 Å². The highest BCUT2D eigenvalue weighted by atomic mass is 16.6. The number of nitrogens with zero attached hydrogens (tertiary/aromatic N) is 1. The maximum atomic E-state index is 12.1. The molecule has 4 nitrogen and oxygen atoms in total. The summed E-state index contributed by atoms with van der Waals surface area (Å²) in [7, 11) is 0. The standard InChI is InChI=1S/C15H29NO3/c1-5-6-11-18-12-10-16-9-7-8-13(16)14(17)19-15(2,3)4/h13H,5-12H2,1-4H3/t13-/m0/s1. The molecule has 19 heavy (non-hydrogen) atoms. The predicted octanol–water partition coefficient (Wildman–Crippen LogP) is 2.61. The molecule has 1 saturated heterocycles. The summed E-state index contributed by atoms with van der Waals surface area (Å²) < 4.78 is 11.0. The summed E-state index contributed by atoms with van der Waals surface area (Å²) >= 11 is 0. The molecule has 0 bridgehead atoms. The maximum absolute atomic E-state index is 12.1. The number of rotatable bonds is 7. The van der Waals surface area contributed by atoms with Crippen molar-refractivity contribution in [1.29, 1.82) is 0 Å². The molecule has 112 valence electrons. The lowest BCUT2D eigenvalue weighted by Crippen LogP contribution is -2.41. The SMILES string of the molecule is CCCCOCCN1CCC[C@H]1C(=O)OC(C)(C)C. The fourth-order valence-corrected chi connectivity index (χ4v) is 2.26. The van der Waals surface area contributed by atoms with Gasteiger partial charge in [-0.2, -0.15) is 0 Å². The molecule has 0 N–H and O–H groups in total. The zero-order valence-corrected chi connectivity index (χ0v) is 12.9. The first-order chi connectivity index (χ1) is 8.94. The molecule has 1 aliphatic rings. The molecular formula is C15H29NO3. The molecule has 0 amide bonds. The normalized spacial score (nSPS) is 20.7. The van der Waals surface area contributed by atoms with Gasteiger partial charge in [-0.15, -0.1) is 0 Å². The average molecular weight is 271 g/mol. The minimum absolute atomic E-state index is 0.0750. The van der Waals surface area contributed by atoms with Crippen LogP contribution in [0.1, 0.15) is 53.4 Å². The maximum Gasteiger partial charge on any atom is 0.323 e. The van der Waals surface area contributed by atoms with Gasteiger partial charge in [0.2, 0.25) is 0 Å². The molecule has 1 atom stereocenters. The molecule has 0 aromatic heterocycles. The zero-order chi connectivity index (χ0) is 14.3. The van der Waals surface area contributed by atoms with Gasteiger partial charge >= 0.3 is 5.97 Å². The third-order valence-electron chi connectivity index (χ3n) is 3.21. The number of hydrogen-bond donors (Lipinski definition) is 0. The van der Waals surface area contributed by atoms with Gasteiger partial charge in [-0.05, 0) is 46.6 Å². The van der Waals surface area contributed by atoms with Gasteiger partial charge in [0.25, 0.3) is 0 Å². The van der Waals surface area contributed by atoms with Gasteiger partial charge in [0.15, 0.2) is 0 Å². The third kappa shape index (κ3) is 6.39. The molecule has 0 aromatic rings. The van der Waals surface area contributed by atoms with Crippen molar-refractivity contribution in [3.8, 4) is 0 Å². The van der Waals surface area contributed by atoms with Crippen molar-refractivity contribution in [1.82, 2.24) is 4.90 Å². The van der Waals surface area contributed by atoms with E-state index in [1.165, 1.54) is 0 Å². The van der Waals surface area contributed by atoms with E-state index in [1.54, 1.807) is 0 Å². The summed E-state index contributed by atoms with van der Waals surface area (Å²) in [5, 5.41) is 0. The molecule has 0 aromatic carbocycles. The Morgan fingerprint density at radius 1 is 1.32 bits per heavy atom. The second kappa shape index (κ2) is 7.85. The number of hydrogen-bond acceptors (Lipinski definition) is 4. The van der Waals surface area contributed by atoms with Crippen molar-refractivity contribution >= 4 is 5.97 Å². The quantitative estimate of drug-likeness (QED) is 0.527. The second-order valence-corrected chi connectivity index (χ2v) is 6.19. The number of likely N-dealkylation sites (tertiary alicyclic amines) is 1. The Labute approximate surface area is 117 Å². The molecule has 4 heteroatoms. The minimum atomic E-state index is -0.400. The fourth-order valence-electron chi connectivity index (χ4n) is 2.26. The lowest BCUT2D eigenvalue weighted by Gasteiger charge is -2.27. The second-order valence-electron chi connectivity index (χ2n) is 6.19. The van der Waals surface area contributed by atoms with E-state index in [0.29, 0.717) is 6.61 Å². The van der Waals surface area contributed by atoms with Crippen LogP contribution < -0.4 is 0 Å². The minimum Gasteiger partial charge on any atom is -0.459 e. The Balaban J connectivity index is 2.31. The van der Waals surface area contributed by atoms with Crippen molar-refractivity contribution in [2.75, 3.05) is 26.3 Å². The first kappa shape index (κ1) is 16.4. The number of carbonyl (C=O) groups excluding carboxylic acids is 1. The number of carbonyl (C=O) groups is 1. The van der Waals surface area contributed by atoms with E-state index in [9.17, 15) is 4.79 Å². The molecular weight excluding hydrogens is 242 g/mol. The monoisotopic (exact) mass is 271 g/mol. The van der Waals surface area contributed by atoms with E-state index in [4.69, 9.17) is 9.47 Å². The van der Waals surface area contributed by atoms with Crippen LogP contribution in [0, 0.1) is 0 Å². The molecule has 0 saturated carbocycles. The Morgan fingerprint density at radius 3 is 2.68 bits per heavy atom. The van der Waals surface area contributed by atoms with Gasteiger partial charge in [-0.25, -0.2) is 0 Å². The summed E-state index contributed by atoms with van der Waals surface area (Å²) in [5.74, 6) is -0.0847. The topological polar surface area (TPSA) is 38.8 Å². The van der Waals surface area contributed by atoms with E-state index in [-0.39, 0.29) is 12.0 Å². The molecule has 1 heterocycles. The molecule has 1 rings (SSSR count). The number of ether oxygens (including phenoxy) is 2. The Morgan fingerprint density at radius 2 is 2.05 bits per heavy atom. The summed E-state index contributed by atoms with van der Waals surface area (Å²) in [4.78, 5) is 14.3. The van der Waals surface area contributed by atoms with Gasteiger partial charge in [-0.1, -0.05) is 13.3 Å². The van der Waals surface area contributed by atoms with Crippen LogP contribution in [0.2, 0.25) is 0 Å². The summed E-state index contributed by atoms with van der Waals surface area (Å²) in [6.07, 6.45) is 4.24. The largest absolute Gasteiger partial charge is 0.459 e. The Bertz CT molecular complexity index is 273. The van der Waals surface area contributed by atoms with Crippen LogP contribution in [0.15, 0.2) is 0 Å². The van der Waals surface area contributed by atoms with Crippen LogP contribution in [-0.2, 0) is 14.3 Å². The van der Waals surface area contributed by atoms with Crippen LogP contribution >= 0.6 is 0 Å². The first-order valence-corrected chi connectivity index (χ1v) is 7.48. The highest BCUT2D eigenvalue weighted by Crippen LogP contribution is 2.20. The van der Waals surface area contributed by atoms with E-state index in [1.807, 2.05) is 20.8 Å². The van der Waals surface area contributed by atoms with E-state index in [2.05, 4.69) is 11.8 Å². The lowest BCUT2D eigenvalue weighted by molar-refractivity contribution is -0.160. The number of unbranched alkanes of at least 4 members (excludes halogenated alkanes) is 1. The van der Waals surface area contributed by atoms with Crippen LogP contribution in [-0.4, -0.2) is 48.8 Å². The molecule has 0 aliphatic carbocycles. The van der Waals surface area contributed by atoms with Gasteiger partial charge in [0.05, 0.1) is 6.61 Å². The van der Waals surface area contributed by atoms with Gasteiger partial charge < -0.3 is 9.47 Å². The fraction of sp³-hybridized carbons (Fsp3) is 0.933. The van der Waals surface area contributed by atoms with Crippen LogP contribution in [0.25, 0.3) is 0 Å². The lowest BCUT2D eigenvalue weighted by atomic mass is 10.1. The molecule has 0 radical (unpaired) electrons. The van der Waals surface area contributed by atoms with Crippen molar-refractivity contribution in [2.45, 2.75) is 65.0 Å². The Hall–Kier alpha value is -0.610. The van der Waals surface area contributed by atoms with E-state index < -0.39 is 5.60 Å². The highest BCUT2D eigenvalue weighted by molar-refractivity contribution is 5.76. The van der Waals surface area contributed by atoms with Gasteiger partial charge in [-0.3, -0.25) is 9.69 Å². The zero-order valence-electron chi connectivity index (χ0n) is 12.9. The average Bonchev–Trinajstić information content (AvgIpc) is 2.75. The number of esters is 1. The molecule has 0 spiro atoms. The van der Waals surface area contributed by atoms with Crippen LogP contribution in [0.5, 0.6) is 0 Å². The molecule has 1 aliphatic heterocycles. The molecule has 0 unspecified atom stereocenters. The molecule has 1 fully saturated rings. The smallest absolute Gasteiger partial charge is 0.323 e. The first-order valence-electron chi connectivity index (χ1n) is 7.48. The summed E-state index contributed by atoms with van der Waals surface area (Å²) in [5.41, 5.74) is -0.400. The van der Waals surface area contributed by atoms with Gasteiger partial charge in [0.1, 0.15) is 11.6 Å². The van der Waals surface area contributed by atoms with E-state index in [0.717, 1.165) is 45.4 Å². The highest BCUT2D eigenvalue weighted by Gasteiger charge is 2.33.